The summed E-state index contributed by atoms with van der Waals surface area (Å²) in [6.07, 6.45) is 4.02. The van der Waals surface area contributed by atoms with E-state index in [2.05, 4.69) is 86.6 Å². The average Bonchev–Trinajstić information content (AvgIpc) is 2.97. The minimum atomic E-state index is -0.190. The Bertz CT molecular complexity index is 974. The topological polar surface area (TPSA) is 29.7 Å². The smallest absolute Gasteiger partial charge is 0.140 e. The zero-order chi connectivity index (χ0) is 17.1. The van der Waals surface area contributed by atoms with Crippen molar-refractivity contribution in [1.29, 1.82) is 0 Å². The van der Waals surface area contributed by atoms with Crippen LogP contribution in [-0.4, -0.2) is 20.6 Å². The van der Waals surface area contributed by atoms with E-state index in [1.807, 2.05) is 6.20 Å². The van der Waals surface area contributed by atoms with E-state index >= 15 is 0 Å². The van der Waals surface area contributed by atoms with Gasteiger partial charge in [-0.05, 0) is 38.0 Å². The van der Waals surface area contributed by atoms with Gasteiger partial charge in [0.15, 0.2) is 0 Å². The Morgan fingerprint density at radius 3 is 2.50 bits per heavy atom. The summed E-state index contributed by atoms with van der Waals surface area (Å²) in [5.74, 6) is 0. The summed E-state index contributed by atoms with van der Waals surface area (Å²) < 4.78 is 2.15. The van der Waals surface area contributed by atoms with Crippen molar-refractivity contribution < 1.29 is 0 Å². The summed E-state index contributed by atoms with van der Waals surface area (Å²) >= 11 is 0. The number of imidazole rings is 1. The lowest BCUT2D eigenvalue weighted by Crippen LogP contribution is -2.46. The third kappa shape index (κ3) is 1.90. The van der Waals surface area contributed by atoms with Crippen LogP contribution in [0.1, 0.15) is 50.1 Å². The van der Waals surface area contributed by atoms with Crippen molar-refractivity contribution in [2.75, 3.05) is 0 Å². The lowest BCUT2D eigenvalue weighted by molar-refractivity contribution is 0.303. The van der Waals surface area contributed by atoms with Crippen molar-refractivity contribution in [1.82, 2.24) is 9.38 Å². The maximum Gasteiger partial charge on any atom is 0.140 e. The van der Waals surface area contributed by atoms with Gasteiger partial charge in [0.05, 0.1) is 23.1 Å². The molecule has 24 heavy (non-hydrogen) atoms. The summed E-state index contributed by atoms with van der Waals surface area (Å²) in [4.78, 5) is 9.82. The molecule has 3 nitrogen and oxygen atoms in total. The Morgan fingerprint density at radius 2 is 1.71 bits per heavy atom. The molecule has 4 rings (SSSR count). The molecular weight excluding hydrogens is 294 g/mol. The van der Waals surface area contributed by atoms with Gasteiger partial charge in [-0.1, -0.05) is 44.2 Å². The molecular formula is C21H23N3. The summed E-state index contributed by atoms with van der Waals surface area (Å²) in [6, 6.07) is 12.8. The highest BCUT2D eigenvalue weighted by Crippen LogP contribution is 2.43. The van der Waals surface area contributed by atoms with Crippen LogP contribution in [0.2, 0.25) is 0 Å². The van der Waals surface area contributed by atoms with E-state index < -0.39 is 0 Å². The first kappa shape index (κ1) is 15.1. The van der Waals surface area contributed by atoms with Crippen LogP contribution in [0, 0.1) is 6.92 Å². The maximum atomic E-state index is 5.19. The van der Waals surface area contributed by atoms with Gasteiger partial charge in [0.25, 0.3) is 0 Å². The zero-order valence-corrected chi connectivity index (χ0v) is 15.0. The van der Waals surface area contributed by atoms with Crippen LogP contribution in [-0.2, 0) is 5.41 Å². The second kappa shape index (κ2) is 4.79. The Hall–Kier alpha value is -2.42. The maximum absolute atomic E-state index is 5.19. The van der Waals surface area contributed by atoms with Crippen molar-refractivity contribution in [3.63, 3.8) is 0 Å². The molecule has 0 radical (unpaired) electrons. The predicted octanol–water partition coefficient (Wildman–Crippen LogP) is 4.55. The van der Waals surface area contributed by atoms with Gasteiger partial charge in [0, 0.05) is 17.2 Å². The molecule has 3 heteroatoms. The standard InChI is InChI=1S/C21H23N3/c1-14-9-8-12-24-17(13-22-19(14)24)18-15-10-6-7-11-16(15)20(2,3)21(4,5)23-18/h6-13H,1-5H3. The van der Waals surface area contributed by atoms with Gasteiger partial charge in [-0.2, -0.15) is 0 Å². The molecule has 0 spiro atoms. The average molecular weight is 317 g/mol. The molecule has 1 aliphatic heterocycles. The predicted molar refractivity (Wildman–Crippen MR) is 99.1 cm³/mol. The molecule has 0 atom stereocenters. The fraction of sp³-hybridized carbons (Fsp3) is 0.333. The number of aryl methyl sites for hydroxylation is 1. The number of hydrogen-bond acceptors (Lipinski definition) is 2. The minimum Gasteiger partial charge on any atom is -0.298 e. The molecule has 0 unspecified atom stereocenters. The van der Waals surface area contributed by atoms with E-state index in [4.69, 9.17) is 4.99 Å². The van der Waals surface area contributed by atoms with Gasteiger partial charge in [0.2, 0.25) is 0 Å². The van der Waals surface area contributed by atoms with Gasteiger partial charge in [-0.25, -0.2) is 4.98 Å². The number of rotatable bonds is 1. The van der Waals surface area contributed by atoms with E-state index in [9.17, 15) is 0 Å². The lowest BCUT2D eigenvalue weighted by Gasteiger charge is -2.44. The molecule has 2 aromatic heterocycles. The Morgan fingerprint density at radius 1 is 0.958 bits per heavy atom. The summed E-state index contributed by atoms with van der Waals surface area (Å²) in [5, 5.41) is 0. The molecule has 1 aliphatic rings. The SMILES string of the molecule is Cc1cccn2c(C3=NC(C)(C)C(C)(C)c4ccccc43)cnc12. The molecule has 0 aliphatic carbocycles. The Balaban J connectivity index is 2.04. The van der Waals surface area contributed by atoms with Gasteiger partial charge in [-0.3, -0.25) is 9.39 Å². The second-order valence-electron chi connectivity index (χ2n) is 7.72. The summed E-state index contributed by atoms with van der Waals surface area (Å²) in [5.41, 5.74) is 6.61. The molecule has 0 saturated carbocycles. The van der Waals surface area contributed by atoms with E-state index in [-0.39, 0.29) is 11.0 Å². The molecule has 3 heterocycles. The van der Waals surface area contributed by atoms with Gasteiger partial charge >= 0.3 is 0 Å². The number of hydrogen-bond donors (Lipinski definition) is 0. The molecule has 122 valence electrons. The number of aliphatic imine (C=N–C) groups is 1. The van der Waals surface area contributed by atoms with E-state index in [0.29, 0.717) is 0 Å². The molecule has 0 bridgehead atoms. The van der Waals surface area contributed by atoms with Crippen molar-refractivity contribution in [2.45, 2.75) is 45.6 Å². The fourth-order valence-corrected chi connectivity index (χ4v) is 3.57. The molecule has 0 fully saturated rings. The van der Waals surface area contributed by atoms with Crippen molar-refractivity contribution >= 4 is 11.4 Å². The van der Waals surface area contributed by atoms with Crippen LogP contribution in [0.4, 0.5) is 0 Å². The quantitative estimate of drug-likeness (QED) is 0.647. The highest BCUT2D eigenvalue weighted by Gasteiger charge is 2.44. The van der Waals surface area contributed by atoms with E-state index in [1.165, 1.54) is 16.7 Å². The van der Waals surface area contributed by atoms with Crippen molar-refractivity contribution in [2.24, 2.45) is 4.99 Å². The first-order chi connectivity index (χ1) is 11.3. The lowest BCUT2D eigenvalue weighted by atomic mass is 9.66. The van der Waals surface area contributed by atoms with Crippen LogP contribution in [0.3, 0.4) is 0 Å². The van der Waals surface area contributed by atoms with Crippen molar-refractivity contribution in [3.8, 4) is 0 Å². The first-order valence-corrected chi connectivity index (χ1v) is 8.46. The van der Waals surface area contributed by atoms with Gasteiger partial charge in [0.1, 0.15) is 5.65 Å². The minimum absolute atomic E-state index is 0.0243. The molecule has 0 saturated heterocycles. The largest absolute Gasteiger partial charge is 0.298 e. The normalized spacial score (nSPS) is 18.3. The number of aromatic nitrogens is 2. The van der Waals surface area contributed by atoms with Crippen LogP contribution in [0.5, 0.6) is 0 Å². The second-order valence-corrected chi connectivity index (χ2v) is 7.72. The van der Waals surface area contributed by atoms with Crippen LogP contribution in [0.25, 0.3) is 5.65 Å². The highest BCUT2D eigenvalue weighted by molar-refractivity contribution is 6.14. The van der Waals surface area contributed by atoms with Gasteiger partial charge in [-0.15, -0.1) is 0 Å². The highest BCUT2D eigenvalue weighted by atomic mass is 15.0. The molecule has 3 aromatic rings. The molecule has 0 N–H and O–H groups in total. The molecule has 0 amide bonds. The first-order valence-electron chi connectivity index (χ1n) is 8.46. The van der Waals surface area contributed by atoms with Crippen LogP contribution < -0.4 is 0 Å². The third-order valence-electron chi connectivity index (χ3n) is 5.75. The zero-order valence-electron chi connectivity index (χ0n) is 15.0. The van der Waals surface area contributed by atoms with E-state index in [1.54, 1.807) is 0 Å². The number of pyridine rings is 1. The monoisotopic (exact) mass is 317 g/mol. The van der Waals surface area contributed by atoms with Crippen molar-refractivity contribution in [3.05, 3.63) is 71.2 Å². The Labute approximate surface area is 143 Å². The summed E-state index contributed by atoms with van der Waals surface area (Å²) in [6.45, 7) is 11.1. The number of nitrogens with zero attached hydrogens (tertiary/aromatic N) is 3. The van der Waals surface area contributed by atoms with Crippen LogP contribution >= 0.6 is 0 Å². The third-order valence-corrected chi connectivity index (χ3v) is 5.75. The fourth-order valence-electron chi connectivity index (χ4n) is 3.57. The van der Waals surface area contributed by atoms with Crippen LogP contribution in [0.15, 0.2) is 53.8 Å². The Kier molecular flexibility index (Phi) is 3.02. The molecule has 1 aromatic carbocycles. The number of benzene rings is 1. The summed E-state index contributed by atoms with van der Waals surface area (Å²) in [7, 11) is 0. The van der Waals surface area contributed by atoms with Gasteiger partial charge < -0.3 is 0 Å². The number of fused-ring (bicyclic) bond motifs is 2. The van der Waals surface area contributed by atoms with E-state index in [0.717, 1.165) is 17.1 Å².